The van der Waals surface area contributed by atoms with Gasteiger partial charge in [-0.05, 0) is 62.1 Å². The number of imide groups is 1. The molecule has 0 radical (unpaired) electrons. The van der Waals surface area contributed by atoms with Gasteiger partial charge in [-0.25, -0.2) is 14.4 Å². The summed E-state index contributed by atoms with van der Waals surface area (Å²) in [5.41, 5.74) is 3.78. The Bertz CT molecular complexity index is 1590. The van der Waals surface area contributed by atoms with Crippen LogP contribution in [-0.2, 0) is 6.54 Å². The number of halogens is 1. The molecular weight excluding hydrogens is 491 g/mol. The van der Waals surface area contributed by atoms with Crippen LogP contribution in [0.25, 0.3) is 21.5 Å². The van der Waals surface area contributed by atoms with Crippen molar-refractivity contribution in [3.05, 3.63) is 75.9 Å². The highest BCUT2D eigenvalue weighted by Crippen LogP contribution is 2.41. The average molecular weight is 513 g/mol. The fraction of sp³-hybridized carbons (Fsp3) is 0.250. The Morgan fingerprint density at radius 2 is 1.86 bits per heavy atom. The summed E-state index contributed by atoms with van der Waals surface area (Å²) in [6.45, 7) is 1.95. The van der Waals surface area contributed by atoms with Crippen LogP contribution in [0.2, 0.25) is 0 Å². The number of rotatable bonds is 5. The molecule has 6 rings (SSSR count). The normalized spacial score (nSPS) is 18.9. The molecule has 37 heavy (non-hydrogen) atoms. The number of hydrogen-bond donors (Lipinski definition) is 0. The molecule has 2 aromatic heterocycles. The van der Waals surface area contributed by atoms with Crippen LogP contribution in [0.4, 0.5) is 4.39 Å². The van der Waals surface area contributed by atoms with Gasteiger partial charge < -0.3 is 4.74 Å². The van der Waals surface area contributed by atoms with E-state index in [0.717, 1.165) is 21.6 Å². The third kappa shape index (κ3) is 3.94. The highest BCUT2D eigenvalue weighted by Gasteiger charge is 2.35. The topological polar surface area (TPSA) is 96.2 Å². The molecule has 9 heteroatoms. The van der Waals surface area contributed by atoms with Gasteiger partial charge in [-0.1, -0.05) is 12.1 Å². The van der Waals surface area contributed by atoms with Crippen LogP contribution in [0.3, 0.4) is 0 Å². The number of nitriles is 1. The Morgan fingerprint density at radius 3 is 2.54 bits per heavy atom. The van der Waals surface area contributed by atoms with Crippen molar-refractivity contribution < 1.29 is 18.7 Å². The predicted octanol–water partition coefficient (Wildman–Crippen LogP) is 5.60. The number of aryl methyl sites for hydroxylation is 1. The van der Waals surface area contributed by atoms with Gasteiger partial charge in [0.2, 0.25) is 0 Å². The van der Waals surface area contributed by atoms with Crippen LogP contribution >= 0.6 is 11.3 Å². The van der Waals surface area contributed by atoms with E-state index >= 15 is 0 Å². The molecule has 2 aliphatic rings. The van der Waals surface area contributed by atoms with Crippen LogP contribution in [0, 0.1) is 18.3 Å². The number of hydrogen-bond acceptors (Lipinski definition) is 7. The molecular formula is C28H21FN4O3S. The molecule has 1 aliphatic carbocycles. The maximum atomic E-state index is 14.4. The molecule has 2 aromatic carbocycles. The zero-order chi connectivity index (χ0) is 25.7. The summed E-state index contributed by atoms with van der Waals surface area (Å²) in [6, 6.07) is 14.2. The molecule has 0 spiro atoms. The van der Waals surface area contributed by atoms with E-state index < -0.39 is 12.3 Å². The molecule has 4 aromatic rings. The molecule has 0 unspecified atom stereocenters. The van der Waals surface area contributed by atoms with Gasteiger partial charge in [0.15, 0.2) is 0 Å². The molecule has 2 amide bonds. The number of thiophene rings is 1. The van der Waals surface area contributed by atoms with Crippen molar-refractivity contribution >= 4 is 33.4 Å². The van der Waals surface area contributed by atoms with Gasteiger partial charge in [-0.15, -0.1) is 11.3 Å². The molecule has 0 N–H and O–H groups in total. The molecule has 1 fully saturated rings. The highest BCUT2D eigenvalue weighted by atomic mass is 32.1. The van der Waals surface area contributed by atoms with E-state index in [1.54, 1.807) is 36.4 Å². The minimum absolute atomic E-state index is 0.110. The first-order chi connectivity index (χ1) is 17.9. The molecule has 3 heterocycles. The Kier molecular flexibility index (Phi) is 5.69. The smallest absolute Gasteiger partial charge is 0.261 e. The van der Waals surface area contributed by atoms with Gasteiger partial charge in [0.05, 0.1) is 45.2 Å². The van der Waals surface area contributed by atoms with E-state index in [4.69, 9.17) is 4.74 Å². The van der Waals surface area contributed by atoms with E-state index in [-0.39, 0.29) is 18.4 Å². The minimum atomic E-state index is -1.04. The quantitative estimate of drug-likeness (QED) is 0.323. The van der Waals surface area contributed by atoms with Gasteiger partial charge >= 0.3 is 0 Å². The lowest BCUT2D eigenvalue weighted by Crippen LogP contribution is -2.28. The number of fused-ring (bicyclic) bond motifs is 2. The number of carbonyl (C=O) groups is 2. The summed E-state index contributed by atoms with van der Waals surface area (Å²) >= 11 is 1.38. The lowest BCUT2D eigenvalue weighted by Gasteiger charge is -2.20. The van der Waals surface area contributed by atoms with Crippen molar-refractivity contribution in [2.45, 2.75) is 45.0 Å². The number of alkyl halides is 1. The number of ether oxygens (including phenoxy) is 1. The second-order valence-corrected chi connectivity index (χ2v) is 10.4. The molecule has 0 bridgehead atoms. The Morgan fingerprint density at radius 1 is 1.11 bits per heavy atom. The average Bonchev–Trinajstić information content (AvgIpc) is 3.58. The first-order valence-electron chi connectivity index (χ1n) is 12.0. The summed E-state index contributed by atoms with van der Waals surface area (Å²) in [6.07, 6.45) is 1.71. The Hall–Kier alpha value is -4.16. The van der Waals surface area contributed by atoms with Crippen molar-refractivity contribution in [1.82, 2.24) is 14.9 Å². The number of benzene rings is 2. The van der Waals surface area contributed by atoms with E-state index in [0.29, 0.717) is 52.1 Å². The number of aromatic nitrogens is 2. The van der Waals surface area contributed by atoms with Crippen LogP contribution < -0.4 is 4.74 Å². The fourth-order valence-corrected chi connectivity index (χ4v) is 6.15. The van der Waals surface area contributed by atoms with E-state index in [1.165, 1.54) is 22.6 Å². The van der Waals surface area contributed by atoms with Gasteiger partial charge in [-0.3, -0.25) is 14.5 Å². The van der Waals surface area contributed by atoms with Gasteiger partial charge in [0.25, 0.3) is 11.8 Å². The van der Waals surface area contributed by atoms with E-state index in [2.05, 4.69) is 16.0 Å². The molecule has 184 valence electrons. The van der Waals surface area contributed by atoms with Crippen LogP contribution in [0.1, 0.15) is 56.0 Å². The first kappa shape index (κ1) is 23.3. The van der Waals surface area contributed by atoms with Gasteiger partial charge in [0, 0.05) is 10.4 Å². The fourth-order valence-electron chi connectivity index (χ4n) is 5.05. The molecule has 1 aliphatic heterocycles. The number of amides is 2. The summed E-state index contributed by atoms with van der Waals surface area (Å²) in [5.74, 6) is -0.145. The number of carbonyl (C=O) groups excluding carboxylic acids is 2. The maximum absolute atomic E-state index is 14.4. The first-order valence-corrected chi connectivity index (χ1v) is 12.8. The monoisotopic (exact) mass is 512 g/mol. The molecule has 7 nitrogen and oxygen atoms in total. The Labute approximate surface area is 216 Å². The SMILES string of the molecule is Cc1cc(C#N)cc(-c2ncnc3cc(CN4C(=O)c5ccccc5C4=O)sc23)c1O[C@@H]1CCC[C@@H]1F. The van der Waals surface area contributed by atoms with Crippen molar-refractivity contribution in [1.29, 1.82) is 5.26 Å². The molecule has 2 atom stereocenters. The van der Waals surface area contributed by atoms with Gasteiger partial charge in [0.1, 0.15) is 24.4 Å². The summed E-state index contributed by atoms with van der Waals surface area (Å²) in [5, 5.41) is 9.60. The van der Waals surface area contributed by atoms with Crippen LogP contribution in [0.15, 0.2) is 48.8 Å². The van der Waals surface area contributed by atoms with E-state index in [1.807, 2.05) is 13.0 Å². The van der Waals surface area contributed by atoms with Crippen molar-refractivity contribution in [3.63, 3.8) is 0 Å². The third-order valence-corrected chi connectivity index (χ3v) is 7.97. The zero-order valence-corrected chi connectivity index (χ0v) is 20.7. The Balaban J connectivity index is 1.40. The lowest BCUT2D eigenvalue weighted by atomic mass is 10.0. The van der Waals surface area contributed by atoms with Gasteiger partial charge in [-0.2, -0.15) is 5.26 Å². The zero-order valence-electron chi connectivity index (χ0n) is 19.9. The lowest BCUT2D eigenvalue weighted by molar-refractivity contribution is 0.0644. The summed E-state index contributed by atoms with van der Waals surface area (Å²) in [4.78, 5) is 36.6. The van der Waals surface area contributed by atoms with Crippen molar-refractivity contribution in [2.24, 2.45) is 0 Å². The second-order valence-electron chi connectivity index (χ2n) is 9.28. The van der Waals surface area contributed by atoms with Crippen molar-refractivity contribution in [3.8, 4) is 23.1 Å². The molecule has 1 saturated carbocycles. The van der Waals surface area contributed by atoms with E-state index in [9.17, 15) is 19.2 Å². The minimum Gasteiger partial charge on any atom is -0.486 e. The standard InChI is InChI=1S/C28H21FN4O3S/c1-15-9-16(12-30)10-20(25(15)36-23-8-4-7-21(23)29)24-26-22(31-14-32-24)11-17(37-26)13-33-27(34)18-5-2-3-6-19(18)28(33)35/h2-3,5-6,9-11,14,21,23H,4,7-8,13H2,1H3/t21-,23+/m0/s1. The molecule has 0 saturated heterocycles. The largest absolute Gasteiger partial charge is 0.486 e. The van der Waals surface area contributed by atoms with Crippen LogP contribution in [0.5, 0.6) is 5.75 Å². The summed E-state index contributed by atoms with van der Waals surface area (Å²) < 4.78 is 21.4. The predicted molar refractivity (Wildman–Crippen MR) is 136 cm³/mol. The highest BCUT2D eigenvalue weighted by molar-refractivity contribution is 7.19. The summed E-state index contributed by atoms with van der Waals surface area (Å²) in [7, 11) is 0. The van der Waals surface area contributed by atoms with Crippen LogP contribution in [-0.4, -0.2) is 39.0 Å². The second kappa shape index (κ2) is 9.05. The number of nitrogens with zero attached hydrogens (tertiary/aromatic N) is 4. The maximum Gasteiger partial charge on any atom is 0.261 e. The third-order valence-electron chi connectivity index (χ3n) is 6.85. The van der Waals surface area contributed by atoms with Crippen molar-refractivity contribution in [2.75, 3.05) is 0 Å².